The van der Waals surface area contributed by atoms with Crippen LogP contribution in [0.1, 0.15) is 79.1 Å². The first kappa shape index (κ1) is 24.7. The Bertz CT molecular complexity index is 942. The number of hydrogen-bond acceptors (Lipinski definition) is 0. The Morgan fingerprint density at radius 3 is 0.933 bits per heavy atom. The van der Waals surface area contributed by atoms with Crippen LogP contribution >= 0.6 is 16.4 Å². The second kappa shape index (κ2) is 11.8. The molecule has 0 saturated carbocycles. The third-order valence-electron chi connectivity index (χ3n) is 5.71. The van der Waals surface area contributed by atoms with Crippen molar-refractivity contribution in [3.8, 4) is 0 Å². The molecule has 0 aliphatic carbocycles. The van der Waals surface area contributed by atoms with Crippen molar-refractivity contribution in [1.82, 2.24) is 18.3 Å². The quantitative estimate of drug-likeness (QED) is 0.208. The number of hydrogen-bond donors (Lipinski definition) is 0. The summed E-state index contributed by atoms with van der Waals surface area (Å²) >= 11 is 6.88. The second-order valence-corrected chi connectivity index (χ2v) is 11.8. The van der Waals surface area contributed by atoms with Gasteiger partial charge in [0.1, 0.15) is 0 Å². The molecule has 8 heteroatoms. The van der Waals surface area contributed by atoms with Gasteiger partial charge < -0.3 is 0 Å². The van der Waals surface area contributed by atoms with Gasteiger partial charge in [-0.3, -0.25) is 0 Å². The number of fused-ring (bicyclic) bond motifs is 2. The number of aromatic nitrogens is 4. The summed E-state index contributed by atoms with van der Waals surface area (Å²) in [5.41, 5.74) is 0. The molecule has 0 N–H and O–H groups in total. The molecule has 0 radical (unpaired) electrons. The van der Waals surface area contributed by atoms with E-state index in [1.54, 1.807) is 0 Å². The molecule has 0 saturated heterocycles. The number of nitrogens with zero attached hydrogens (tertiary/aromatic N) is 4. The minimum atomic E-state index is 1.12. The maximum absolute atomic E-state index is 3.44. The SMILES string of the molecule is CCCCn1c(=[Se])n(CCCC)c2pc3c(pc21)n(CCCC)c(=[Se])n3CCCC. The molecule has 0 fully saturated rings. The van der Waals surface area contributed by atoms with Crippen LogP contribution in [0.5, 0.6) is 0 Å². The van der Waals surface area contributed by atoms with E-state index in [1.807, 2.05) is 0 Å². The van der Waals surface area contributed by atoms with E-state index in [2.05, 4.69) is 77.1 Å². The van der Waals surface area contributed by atoms with E-state index < -0.39 is 0 Å². The van der Waals surface area contributed by atoms with Gasteiger partial charge in [0.25, 0.3) is 0 Å². The average Bonchev–Trinajstić information content (AvgIpc) is 3.15. The van der Waals surface area contributed by atoms with Gasteiger partial charge in [-0.15, -0.1) is 0 Å². The van der Waals surface area contributed by atoms with Crippen LogP contribution in [0.15, 0.2) is 0 Å². The van der Waals surface area contributed by atoms with Crippen molar-refractivity contribution in [1.29, 1.82) is 0 Å². The normalized spacial score (nSPS) is 12.4. The van der Waals surface area contributed by atoms with Crippen LogP contribution in [0.25, 0.3) is 21.0 Å². The predicted molar refractivity (Wildman–Crippen MR) is 136 cm³/mol. The van der Waals surface area contributed by atoms with Gasteiger partial charge in [-0.1, -0.05) is 0 Å². The first-order chi connectivity index (χ1) is 14.6. The Balaban J connectivity index is 2.30. The van der Waals surface area contributed by atoms with E-state index in [0.717, 1.165) is 26.2 Å². The van der Waals surface area contributed by atoms with Crippen LogP contribution < -0.4 is 0 Å². The number of unbranched alkanes of at least 4 members (excludes halogenated alkanes) is 4. The molecule has 0 atom stereocenters. The maximum atomic E-state index is 3.44. The molecule has 0 aliphatic rings. The summed E-state index contributed by atoms with van der Waals surface area (Å²) in [6, 6.07) is 0. The third kappa shape index (κ3) is 5.01. The molecule has 4 nitrogen and oxygen atoms in total. The average molecular weight is 576 g/mol. The number of rotatable bonds is 12. The Morgan fingerprint density at radius 1 is 0.500 bits per heavy atom. The summed E-state index contributed by atoms with van der Waals surface area (Å²) in [7, 11) is 2.76. The molecule has 0 aliphatic heterocycles. The summed E-state index contributed by atoms with van der Waals surface area (Å²) < 4.78 is 13.0. The van der Waals surface area contributed by atoms with Crippen molar-refractivity contribution >= 4 is 68.5 Å². The summed E-state index contributed by atoms with van der Waals surface area (Å²) in [5.74, 6) is 0. The van der Waals surface area contributed by atoms with Crippen molar-refractivity contribution in [2.45, 2.75) is 105 Å². The molecule has 3 rings (SSSR count). The van der Waals surface area contributed by atoms with Crippen molar-refractivity contribution in [2.75, 3.05) is 0 Å². The van der Waals surface area contributed by atoms with Gasteiger partial charge in [0.05, 0.1) is 0 Å². The molecule has 3 aromatic rings. The molecule has 0 amide bonds. The summed E-state index contributed by atoms with van der Waals surface area (Å²) in [4.78, 5) is 0. The number of aryl methyl sites for hydroxylation is 4. The number of imidazole rings is 2. The molecule has 0 spiro atoms. The van der Waals surface area contributed by atoms with Gasteiger partial charge in [0.15, 0.2) is 0 Å². The predicted octanol–water partition coefficient (Wildman–Crippen LogP) is 6.96. The second-order valence-electron chi connectivity index (χ2n) is 8.10. The Kier molecular flexibility index (Phi) is 9.70. The van der Waals surface area contributed by atoms with Crippen molar-refractivity contribution in [2.24, 2.45) is 0 Å². The fourth-order valence-corrected chi connectivity index (χ4v) is 9.14. The molecule has 166 valence electrons. The zero-order valence-electron chi connectivity index (χ0n) is 19.0. The van der Waals surface area contributed by atoms with Crippen molar-refractivity contribution in [3.63, 3.8) is 0 Å². The van der Waals surface area contributed by atoms with Crippen LogP contribution in [-0.4, -0.2) is 49.4 Å². The molecule has 30 heavy (non-hydrogen) atoms. The van der Waals surface area contributed by atoms with Gasteiger partial charge >= 0.3 is 201 Å². The van der Waals surface area contributed by atoms with E-state index in [9.17, 15) is 0 Å². The topological polar surface area (TPSA) is 19.7 Å². The van der Waals surface area contributed by atoms with Gasteiger partial charge in [-0.25, -0.2) is 0 Å². The summed E-state index contributed by atoms with van der Waals surface area (Å²) in [6.45, 7) is 13.6. The fraction of sp³-hybridized carbons (Fsp3) is 0.727. The summed E-state index contributed by atoms with van der Waals surface area (Å²) in [6.07, 6.45) is 9.90. The summed E-state index contributed by atoms with van der Waals surface area (Å²) in [5, 5.41) is 6.06. The van der Waals surface area contributed by atoms with E-state index in [-0.39, 0.29) is 0 Å². The van der Waals surface area contributed by atoms with Gasteiger partial charge in [-0.05, 0) is 0 Å². The molecule has 0 bridgehead atoms. The Hall–Kier alpha value is 0.0590. The first-order valence-electron chi connectivity index (χ1n) is 11.7. The minimum absolute atomic E-state index is 1.12. The van der Waals surface area contributed by atoms with Gasteiger partial charge in [-0.2, -0.15) is 0 Å². The Morgan fingerprint density at radius 2 is 0.733 bits per heavy atom. The van der Waals surface area contributed by atoms with E-state index in [4.69, 9.17) is 0 Å². The standard InChI is InChI=1S/C22H36N4P2Se2/c1-5-9-13-23-17-18(24(21(23)29)14-10-6-2)28-20-19(27-17)25(15-11-7-3)22(30)26(20)16-12-8-4/h5-16H2,1-4H3. The van der Waals surface area contributed by atoms with E-state index >= 15 is 0 Å². The van der Waals surface area contributed by atoms with E-state index in [1.165, 1.54) is 97.4 Å². The zero-order chi connectivity index (χ0) is 21.7. The molecule has 0 aromatic carbocycles. The monoisotopic (exact) mass is 578 g/mol. The first-order valence-corrected chi connectivity index (χ1v) is 15.2. The van der Waals surface area contributed by atoms with Crippen molar-refractivity contribution < 1.29 is 0 Å². The third-order valence-corrected chi connectivity index (χ3v) is 10.6. The Labute approximate surface area is 200 Å². The molecular weight excluding hydrogens is 540 g/mol. The van der Waals surface area contributed by atoms with Crippen LogP contribution in [0.3, 0.4) is 0 Å². The van der Waals surface area contributed by atoms with Gasteiger partial charge in [0.2, 0.25) is 0 Å². The van der Waals surface area contributed by atoms with Crippen LogP contribution in [-0.2, 0) is 26.2 Å². The molecule has 3 heterocycles. The zero-order valence-corrected chi connectivity index (χ0v) is 24.2. The van der Waals surface area contributed by atoms with E-state index in [0.29, 0.717) is 0 Å². The van der Waals surface area contributed by atoms with Crippen LogP contribution in [0.4, 0.5) is 0 Å². The van der Waals surface area contributed by atoms with Crippen LogP contribution in [0.2, 0.25) is 0 Å². The molecule has 0 unspecified atom stereocenters. The van der Waals surface area contributed by atoms with Crippen LogP contribution in [0, 0.1) is 8.65 Å². The molecule has 3 aromatic heterocycles. The fourth-order valence-electron chi connectivity index (χ4n) is 3.85. The van der Waals surface area contributed by atoms with Crippen molar-refractivity contribution in [3.05, 3.63) is 8.65 Å². The molecular formula is C22H36N4P2Se2. The van der Waals surface area contributed by atoms with Gasteiger partial charge in [0, 0.05) is 0 Å².